The lowest BCUT2D eigenvalue weighted by Crippen LogP contribution is -2.23. The number of carbonyl (C=O) groups is 2. The first-order valence-corrected chi connectivity index (χ1v) is 9.22. The predicted octanol–water partition coefficient (Wildman–Crippen LogP) is 3.92. The van der Waals surface area contributed by atoms with Crippen molar-refractivity contribution in [3.05, 3.63) is 52.6 Å². The largest absolute Gasteiger partial charge is 0.477 e. The van der Waals surface area contributed by atoms with Crippen LogP contribution >= 0.6 is 11.6 Å². The maximum atomic E-state index is 12.4. The second kappa shape index (κ2) is 9.21. The molecule has 0 saturated heterocycles. The molecule has 0 unspecified atom stereocenters. The highest BCUT2D eigenvalue weighted by atomic mass is 35.5. The summed E-state index contributed by atoms with van der Waals surface area (Å²) in [5, 5.41) is 3.05. The van der Waals surface area contributed by atoms with Gasteiger partial charge in [-0.25, -0.2) is 14.8 Å². The van der Waals surface area contributed by atoms with Crippen LogP contribution in [0.1, 0.15) is 33.4 Å². The molecule has 3 rings (SSSR count). The standard InChI is InChI=1S/C19H15ClF3N3O5/c1-2-29-17-14(7-24-9-26-17)16(27)25-6-12-4-10-3-11(20)5-13(15(10)31-12)18(28)30-8-19(21,22)23/h3-5,7,9H,2,6,8H2,1H3,(H,25,27). The fraction of sp³-hybridized carbons (Fsp3) is 0.263. The molecule has 2 aromatic heterocycles. The van der Waals surface area contributed by atoms with Gasteiger partial charge in [0.2, 0.25) is 5.88 Å². The summed E-state index contributed by atoms with van der Waals surface area (Å²) in [6.45, 7) is 0.197. The molecule has 1 aromatic carbocycles. The number of hydrogen-bond acceptors (Lipinski definition) is 7. The van der Waals surface area contributed by atoms with Gasteiger partial charge < -0.3 is 19.2 Å². The van der Waals surface area contributed by atoms with Crippen LogP contribution in [-0.4, -0.2) is 41.2 Å². The van der Waals surface area contributed by atoms with Crippen LogP contribution in [0, 0.1) is 0 Å². The molecule has 3 aromatic rings. The number of benzene rings is 1. The van der Waals surface area contributed by atoms with E-state index in [1.165, 1.54) is 24.7 Å². The van der Waals surface area contributed by atoms with E-state index >= 15 is 0 Å². The zero-order valence-electron chi connectivity index (χ0n) is 16.0. The van der Waals surface area contributed by atoms with Crippen molar-refractivity contribution >= 4 is 34.4 Å². The van der Waals surface area contributed by atoms with Gasteiger partial charge in [0.25, 0.3) is 5.91 Å². The van der Waals surface area contributed by atoms with Gasteiger partial charge in [-0.2, -0.15) is 13.2 Å². The van der Waals surface area contributed by atoms with E-state index in [-0.39, 0.29) is 39.9 Å². The van der Waals surface area contributed by atoms with Crippen LogP contribution in [0.25, 0.3) is 11.0 Å². The third kappa shape index (κ3) is 5.63. The zero-order chi connectivity index (χ0) is 22.6. The maximum absolute atomic E-state index is 12.4. The topological polar surface area (TPSA) is 104 Å². The van der Waals surface area contributed by atoms with Crippen LogP contribution in [0.2, 0.25) is 5.02 Å². The number of aromatic nitrogens is 2. The van der Waals surface area contributed by atoms with Crippen LogP contribution in [0.4, 0.5) is 13.2 Å². The number of amides is 1. The predicted molar refractivity (Wildman–Crippen MR) is 102 cm³/mol. The Hall–Kier alpha value is -3.34. The number of carbonyl (C=O) groups excluding carboxylic acids is 2. The maximum Gasteiger partial charge on any atom is 0.422 e. The summed E-state index contributed by atoms with van der Waals surface area (Å²) >= 11 is 5.95. The Morgan fingerprint density at radius 3 is 2.71 bits per heavy atom. The molecule has 12 heteroatoms. The van der Waals surface area contributed by atoms with Crippen molar-refractivity contribution in [2.45, 2.75) is 19.6 Å². The molecule has 0 radical (unpaired) electrons. The molecule has 0 saturated carbocycles. The van der Waals surface area contributed by atoms with E-state index in [0.717, 1.165) is 6.07 Å². The molecular formula is C19H15ClF3N3O5. The first-order valence-electron chi connectivity index (χ1n) is 8.84. The fourth-order valence-electron chi connectivity index (χ4n) is 2.62. The van der Waals surface area contributed by atoms with E-state index in [4.69, 9.17) is 20.8 Å². The summed E-state index contributed by atoms with van der Waals surface area (Å²) in [5.41, 5.74) is -0.168. The molecule has 0 spiro atoms. The lowest BCUT2D eigenvalue weighted by Gasteiger charge is -2.08. The van der Waals surface area contributed by atoms with E-state index in [1.54, 1.807) is 6.92 Å². The highest BCUT2D eigenvalue weighted by Gasteiger charge is 2.30. The molecule has 0 aliphatic carbocycles. The number of halogens is 4. The monoisotopic (exact) mass is 457 g/mol. The van der Waals surface area contributed by atoms with Crippen molar-refractivity contribution in [3.8, 4) is 5.88 Å². The summed E-state index contributed by atoms with van der Waals surface area (Å²) in [6, 6.07) is 4.10. The molecule has 2 heterocycles. The molecule has 164 valence electrons. The second-order valence-electron chi connectivity index (χ2n) is 6.13. The minimum absolute atomic E-state index is 0.0149. The molecule has 1 N–H and O–H groups in total. The number of furan rings is 1. The lowest BCUT2D eigenvalue weighted by molar-refractivity contribution is -0.161. The molecule has 8 nitrogen and oxygen atoms in total. The summed E-state index contributed by atoms with van der Waals surface area (Å²) < 4.78 is 52.1. The van der Waals surface area contributed by atoms with Crippen molar-refractivity contribution in [1.82, 2.24) is 15.3 Å². The van der Waals surface area contributed by atoms with Crippen LogP contribution in [0.3, 0.4) is 0 Å². The highest BCUT2D eigenvalue weighted by molar-refractivity contribution is 6.32. The second-order valence-corrected chi connectivity index (χ2v) is 6.57. The van der Waals surface area contributed by atoms with Gasteiger partial charge in [0.1, 0.15) is 28.8 Å². The van der Waals surface area contributed by atoms with Gasteiger partial charge in [0.05, 0.1) is 13.2 Å². The minimum Gasteiger partial charge on any atom is -0.477 e. The van der Waals surface area contributed by atoms with E-state index in [2.05, 4.69) is 20.0 Å². The molecule has 1 amide bonds. The van der Waals surface area contributed by atoms with Crippen molar-refractivity contribution in [2.24, 2.45) is 0 Å². The van der Waals surface area contributed by atoms with Crippen molar-refractivity contribution in [2.75, 3.05) is 13.2 Å². The quantitative estimate of drug-likeness (QED) is 0.536. The van der Waals surface area contributed by atoms with Crippen LogP contribution < -0.4 is 10.1 Å². The lowest BCUT2D eigenvalue weighted by atomic mass is 10.1. The summed E-state index contributed by atoms with van der Waals surface area (Å²) in [4.78, 5) is 32.2. The van der Waals surface area contributed by atoms with Crippen molar-refractivity contribution < 1.29 is 36.7 Å². The summed E-state index contributed by atoms with van der Waals surface area (Å²) in [7, 11) is 0. The number of fused-ring (bicyclic) bond motifs is 1. The normalized spacial score (nSPS) is 11.4. The number of nitrogens with zero attached hydrogens (tertiary/aromatic N) is 2. The molecule has 0 fully saturated rings. The highest BCUT2D eigenvalue weighted by Crippen LogP contribution is 2.28. The van der Waals surface area contributed by atoms with E-state index in [9.17, 15) is 22.8 Å². The minimum atomic E-state index is -4.67. The van der Waals surface area contributed by atoms with Gasteiger partial charge >= 0.3 is 12.1 Å². The van der Waals surface area contributed by atoms with Crippen molar-refractivity contribution in [3.63, 3.8) is 0 Å². The Balaban J connectivity index is 1.78. The van der Waals surface area contributed by atoms with Gasteiger partial charge in [-0.05, 0) is 25.1 Å². The number of ether oxygens (including phenoxy) is 2. The van der Waals surface area contributed by atoms with Crippen LogP contribution in [0.5, 0.6) is 5.88 Å². The molecule has 0 aliphatic heterocycles. The Morgan fingerprint density at radius 2 is 2.00 bits per heavy atom. The third-order valence-corrected chi connectivity index (χ3v) is 4.06. The van der Waals surface area contributed by atoms with E-state index < -0.39 is 24.7 Å². The molecule has 0 atom stereocenters. The fourth-order valence-corrected chi connectivity index (χ4v) is 2.85. The number of nitrogens with one attached hydrogen (secondary N) is 1. The average molecular weight is 458 g/mol. The SMILES string of the molecule is CCOc1ncncc1C(=O)NCc1cc2cc(Cl)cc(C(=O)OCC(F)(F)F)c2o1. The average Bonchev–Trinajstić information content (AvgIpc) is 3.12. The van der Waals surface area contributed by atoms with Crippen molar-refractivity contribution in [1.29, 1.82) is 0 Å². The number of esters is 1. The third-order valence-electron chi connectivity index (χ3n) is 3.84. The summed E-state index contributed by atoms with van der Waals surface area (Å²) in [5.74, 6) is -1.43. The van der Waals surface area contributed by atoms with Gasteiger partial charge in [0.15, 0.2) is 6.61 Å². The first kappa shape index (κ1) is 22.3. The molecule has 0 aliphatic rings. The Kier molecular flexibility index (Phi) is 6.64. The Morgan fingerprint density at radius 1 is 1.23 bits per heavy atom. The van der Waals surface area contributed by atoms with Gasteiger partial charge in [-0.15, -0.1) is 0 Å². The summed E-state index contributed by atoms with van der Waals surface area (Å²) in [6.07, 6.45) is -2.14. The number of rotatable bonds is 7. The van der Waals surface area contributed by atoms with Crippen LogP contribution in [0.15, 0.2) is 35.1 Å². The van der Waals surface area contributed by atoms with E-state index in [0.29, 0.717) is 12.0 Å². The smallest absolute Gasteiger partial charge is 0.422 e. The van der Waals surface area contributed by atoms with Gasteiger partial charge in [-0.3, -0.25) is 4.79 Å². The first-order chi connectivity index (χ1) is 14.7. The Labute approximate surface area is 178 Å². The van der Waals surface area contributed by atoms with Gasteiger partial charge in [-0.1, -0.05) is 11.6 Å². The zero-order valence-corrected chi connectivity index (χ0v) is 16.7. The van der Waals surface area contributed by atoms with Crippen LogP contribution in [-0.2, 0) is 11.3 Å². The molecule has 31 heavy (non-hydrogen) atoms. The molecule has 0 bridgehead atoms. The van der Waals surface area contributed by atoms with E-state index in [1.807, 2.05) is 0 Å². The molecular weight excluding hydrogens is 443 g/mol. The van der Waals surface area contributed by atoms with Gasteiger partial charge in [0, 0.05) is 16.6 Å². The number of hydrogen-bond donors (Lipinski definition) is 1. The number of alkyl halides is 3. The Bertz CT molecular complexity index is 1120.